The van der Waals surface area contributed by atoms with Crippen LogP contribution in [-0.4, -0.2) is 27.3 Å². The van der Waals surface area contributed by atoms with Gasteiger partial charge in [-0.3, -0.25) is 9.58 Å². The lowest BCUT2D eigenvalue weighted by Gasteiger charge is -2.23. The van der Waals surface area contributed by atoms with Gasteiger partial charge < -0.3 is 0 Å². The normalized spacial score (nSPS) is 11.1. The highest BCUT2D eigenvalue weighted by Crippen LogP contribution is 2.21. The smallest absolute Gasteiger partial charge is 0.0871 e. The Hall–Kier alpha value is -1.05. The highest BCUT2D eigenvalue weighted by Gasteiger charge is 2.16. The van der Waals surface area contributed by atoms with Gasteiger partial charge in [-0.25, -0.2) is 0 Å². The maximum atomic E-state index is 8.76. The van der Waals surface area contributed by atoms with E-state index in [1.165, 1.54) is 0 Å². The second kappa shape index (κ2) is 5.33. The fourth-order valence-corrected chi connectivity index (χ4v) is 1.78. The van der Waals surface area contributed by atoms with Gasteiger partial charge in [0.2, 0.25) is 0 Å². The third-order valence-electron chi connectivity index (χ3n) is 2.62. The van der Waals surface area contributed by atoms with Crippen LogP contribution >= 0.6 is 11.6 Å². The fourth-order valence-electron chi connectivity index (χ4n) is 1.56. The summed E-state index contributed by atoms with van der Waals surface area (Å²) in [6.07, 6.45) is 0. The summed E-state index contributed by atoms with van der Waals surface area (Å²) in [6.45, 7) is 7.07. The molecule has 0 bridgehead atoms. The molecule has 0 fully saturated rings. The first-order valence-corrected chi connectivity index (χ1v) is 5.64. The minimum atomic E-state index is 0.311. The van der Waals surface area contributed by atoms with E-state index in [4.69, 9.17) is 16.9 Å². The van der Waals surface area contributed by atoms with Crippen molar-refractivity contribution in [2.45, 2.75) is 33.4 Å². The first kappa shape index (κ1) is 13.0. The molecular formula is C11H17ClN4. The zero-order valence-electron chi connectivity index (χ0n) is 10.2. The molecule has 0 aliphatic carbocycles. The molecule has 1 heterocycles. The molecule has 0 N–H and O–H groups in total. The Bertz CT molecular complexity index is 403. The van der Waals surface area contributed by atoms with Crippen LogP contribution in [0.2, 0.25) is 5.02 Å². The van der Waals surface area contributed by atoms with E-state index in [0.29, 0.717) is 24.2 Å². The van der Waals surface area contributed by atoms with Crippen molar-refractivity contribution >= 4 is 11.6 Å². The van der Waals surface area contributed by atoms with Gasteiger partial charge in [-0.2, -0.15) is 10.4 Å². The zero-order valence-corrected chi connectivity index (χ0v) is 10.9. The van der Waals surface area contributed by atoms with Crippen molar-refractivity contribution in [1.29, 1.82) is 5.26 Å². The molecule has 0 aromatic carbocycles. The predicted molar refractivity (Wildman–Crippen MR) is 64.1 cm³/mol. The summed E-state index contributed by atoms with van der Waals surface area (Å²) in [6, 6.07) is 2.48. The Balaban J connectivity index is 2.90. The zero-order chi connectivity index (χ0) is 12.3. The lowest BCUT2D eigenvalue weighted by Crippen LogP contribution is -2.31. The van der Waals surface area contributed by atoms with Crippen molar-refractivity contribution < 1.29 is 0 Å². The number of hydrogen-bond donors (Lipinski definition) is 0. The summed E-state index contributed by atoms with van der Waals surface area (Å²) >= 11 is 6.17. The molecule has 0 amide bonds. The summed E-state index contributed by atoms with van der Waals surface area (Å²) in [7, 11) is 1.87. The second-order valence-electron chi connectivity index (χ2n) is 4.13. The van der Waals surface area contributed by atoms with Crippen LogP contribution in [0.1, 0.15) is 25.2 Å². The Morgan fingerprint density at radius 3 is 2.56 bits per heavy atom. The van der Waals surface area contributed by atoms with Crippen LogP contribution in [0.5, 0.6) is 0 Å². The standard InChI is InChI=1S/C11H17ClN4/c1-8(2)16(6-5-13)7-10-11(12)9(3)14-15(10)4/h8H,6-7H2,1-4H3. The lowest BCUT2D eigenvalue weighted by atomic mass is 10.2. The number of halogens is 1. The third kappa shape index (κ3) is 2.75. The number of nitriles is 1. The molecule has 0 radical (unpaired) electrons. The van der Waals surface area contributed by atoms with E-state index >= 15 is 0 Å². The van der Waals surface area contributed by atoms with Crippen molar-refractivity contribution in [1.82, 2.24) is 14.7 Å². The van der Waals surface area contributed by atoms with Crippen molar-refractivity contribution in [3.05, 3.63) is 16.4 Å². The molecular weight excluding hydrogens is 224 g/mol. The molecule has 0 saturated heterocycles. The molecule has 1 aromatic heterocycles. The average molecular weight is 241 g/mol. The minimum Gasteiger partial charge on any atom is -0.282 e. The number of nitrogens with zero attached hydrogens (tertiary/aromatic N) is 4. The molecule has 0 spiro atoms. The molecule has 4 nitrogen and oxygen atoms in total. The molecule has 5 heteroatoms. The highest BCUT2D eigenvalue weighted by molar-refractivity contribution is 6.31. The van der Waals surface area contributed by atoms with Gasteiger partial charge in [0.25, 0.3) is 0 Å². The first-order valence-electron chi connectivity index (χ1n) is 5.26. The fraction of sp³-hybridized carbons (Fsp3) is 0.636. The van der Waals surface area contributed by atoms with E-state index < -0.39 is 0 Å². The Morgan fingerprint density at radius 2 is 2.19 bits per heavy atom. The van der Waals surface area contributed by atoms with Crippen molar-refractivity contribution in [2.75, 3.05) is 6.54 Å². The third-order valence-corrected chi connectivity index (χ3v) is 3.11. The average Bonchev–Trinajstić information content (AvgIpc) is 2.43. The van der Waals surface area contributed by atoms with E-state index in [2.05, 4.69) is 29.9 Å². The summed E-state index contributed by atoms with van der Waals surface area (Å²) in [5.41, 5.74) is 1.79. The number of hydrogen-bond acceptors (Lipinski definition) is 3. The van der Waals surface area contributed by atoms with Crippen LogP contribution in [0.4, 0.5) is 0 Å². The summed E-state index contributed by atoms with van der Waals surface area (Å²) in [5, 5.41) is 13.7. The van der Waals surface area contributed by atoms with Crippen molar-refractivity contribution in [3.63, 3.8) is 0 Å². The largest absolute Gasteiger partial charge is 0.282 e. The van der Waals surface area contributed by atoms with Gasteiger partial charge in [-0.1, -0.05) is 11.6 Å². The van der Waals surface area contributed by atoms with Crippen LogP contribution in [0, 0.1) is 18.3 Å². The highest BCUT2D eigenvalue weighted by atomic mass is 35.5. The van der Waals surface area contributed by atoms with Crippen LogP contribution in [-0.2, 0) is 13.6 Å². The van der Waals surface area contributed by atoms with Crippen LogP contribution < -0.4 is 0 Å². The lowest BCUT2D eigenvalue weighted by molar-refractivity contribution is 0.234. The maximum Gasteiger partial charge on any atom is 0.0871 e. The summed E-state index contributed by atoms with van der Waals surface area (Å²) in [4.78, 5) is 2.06. The van der Waals surface area contributed by atoms with Crippen LogP contribution in [0.15, 0.2) is 0 Å². The van der Waals surface area contributed by atoms with Gasteiger partial charge in [0, 0.05) is 19.6 Å². The number of aryl methyl sites for hydroxylation is 2. The van der Waals surface area contributed by atoms with Crippen molar-refractivity contribution in [2.24, 2.45) is 7.05 Å². The summed E-state index contributed by atoms with van der Waals surface area (Å²) < 4.78 is 1.78. The molecule has 0 saturated carbocycles. The SMILES string of the molecule is Cc1nn(C)c(CN(CC#N)C(C)C)c1Cl. The van der Waals surface area contributed by atoms with Gasteiger partial charge in [-0.05, 0) is 20.8 Å². The molecule has 0 aliphatic heterocycles. The molecule has 88 valence electrons. The van der Waals surface area contributed by atoms with Gasteiger partial charge in [-0.15, -0.1) is 0 Å². The predicted octanol–water partition coefficient (Wildman–Crippen LogP) is 2.12. The quantitative estimate of drug-likeness (QED) is 0.758. The van der Waals surface area contributed by atoms with Gasteiger partial charge in [0.15, 0.2) is 0 Å². The van der Waals surface area contributed by atoms with Gasteiger partial charge in [0.05, 0.1) is 29.0 Å². The van der Waals surface area contributed by atoms with E-state index in [1.54, 1.807) is 4.68 Å². The Kier molecular flexibility index (Phi) is 4.34. The van der Waals surface area contributed by atoms with E-state index in [0.717, 1.165) is 11.4 Å². The molecule has 0 aliphatic rings. The van der Waals surface area contributed by atoms with Crippen molar-refractivity contribution in [3.8, 4) is 6.07 Å². The molecule has 0 atom stereocenters. The van der Waals surface area contributed by atoms with Crippen LogP contribution in [0.25, 0.3) is 0 Å². The van der Waals surface area contributed by atoms with Gasteiger partial charge >= 0.3 is 0 Å². The molecule has 0 unspecified atom stereocenters. The van der Waals surface area contributed by atoms with E-state index in [9.17, 15) is 0 Å². The van der Waals surface area contributed by atoms with Gasteiger partial charge in [0.1, 0.15) is 0 Å². The summed E-state index contributed by atoms with van der Waals surface area (Å²) in [5.74, 6) is 0. The minimum absolute atomic E-state index is 0.311. The molecule has 1 rings (SSSR count). The number of rotatable bonds is 4. The van der Waals surface area contributed by atoms with E-state index in [1.807, 2.05) is 14.0 Å². The second-order valence-corrected chi connectivity index (χ2v) is 4.50. The Labute approximate surface area is 101 Å². The molecule has 16 heavy (non-hydrogen) atoms. The van der Waals surface area contributed by atoms with Crippen LogP contribution in [0.3, 0.4) is 0 Å². The molecule has 1 aromatic rings. The topological polar surface area (TPSA) is 44.9 Å². The number of aromatic nitrogens is 2. The van der Waals surface area contributed by atoms with E-state index in [-0.39, 0.29) is 0 Å². The maximum absolute atomic E-state index is 8.76. The Morgan fingerprint density at radius 1 is 1.56 bits per heavy atom. The first-order chi connectivity index (χ1) is 7.47. The monoisotopic (exact) mass is 240 g/mol.